The van der Waals surface area contributed by atoms with E-state index in [0.717, 1.165) is 25.9 Å². The highest BCUT2D eigenvalue weighted by molar-refractivity contribution is 6.28. The zero-order valence-corrected chi connectivity index (χ0v) is 21.5. The topological polar surface area (TPSA) is 162 Å². The number of hydrazine groups is 1. The predicted octanol–water partition coefficient (Wildman–Crippen LogP) is 2.24. The molecule has 0 unspecified atom stereocenters. The first-order chi connectivity index (χ1) is 16.8. The maximum atomic E-state index is 12.1. The lowest BCUT2D eigenvalue weighted by Gasteiger charge is -2.32. The Balaban J connectivity index is 0.00000210. The second kappa shape index (κ2) is 13.5. The van der Waals surface area contributed by atoms with Crippen molar-refractivity contribution in [3.8, 4) is 5.75 Å². The smallest absolute Gasteiger partial charge is 0.270 e. The van der Waals surface area contributed by atoms with Crippen molar-refractivity contribution in [2.75, 3.05) is 43.9 Å². The summed E-state index contributed by atoms with van der Waals surface area (Å²) in [5, 5.41) is 4.14. The monoisotopic (exact) mass is 505 g/mol. The van der Waals surface area contributed by atoms with E-state index in [-0.39, 0.29) is 16.9 Å². The number of amides is 1. The average molecular weight is 506 g/mol. The molecule has 0 radical (unpaired) electrons. The van der Waals surface area contributed by atoms with Crippen molar-refractivity contribution in [2.45, 2.75) is 33.6 Å². The summed E-state index contributed by atoms with van der Waals surface area (Å²) >= 11 is 6.05. The maximum absolute atomic E-state index is 12.1. The summed E-state index contributed by atoms with van der Waals surface area (Å²) in [6.45, 7) is 8.36. The van der Waals surface area contributed by atoms with Crippen LogP contribution in [0.25, 0.3) is 5.70 Å². The average Bonchev–Trinajstić information content (AvgIpc) is 2.84. The van der Waals surface area contributed by atoms with E-state index >= 15 is 0 Å². The number of hydrogen-bond donors (Lipinski definition) is 4. The molecule has 1 fully saturated rings. The number of pyridine rings is 1. The van der Waals surface area contributed by atoms with Gasteiger partial charge >= 0.3 is 0 Å². The molecule has 35 heavy (non-hydrogen) atoms. The van der Waals surface area contributed by atoms with Crippen molar-refractivity contribution in [2.24, 2.45) is 17.5 Å². The molecule has 0 bridgehead atoms. The van der Waals surface area contributed by atoms with E-state index in [1.54, 1.807) is 31.6 Å². The largest absolute Gasteiger partial charge is 0.489 e. The Kier molecular flexibility index (Phi) is 10.8. The molecule has 7 N–H and O–H groups in total. The predicted molar refractivity (Wildman–Crippen MR) is 140 cm³/mol. The number of hydrogen-bond acceptors (Lipinski definition) is 10. The van der Waals surface area contributed by atoms with E-state index in [2.05, 4.69) is 25.2 Å². The van der Waals surface area contributed by atoms with Gasteiger partial charge in [-0.05, 0) is 43.4 Å². The highest BCUT2D eigenvalue weighted by Crippen LogP contribution is 2.27. The van der Waals surface area contributed by atoms with Gasteiger partial charge in [0.1, 0.15) is 11.5 Å². The number of piperidine rings is 1. The van der Waals surface area contributed by atoms with Gasteiger partial charge in [-0.25, -0.2) is 20.8 Å². The van der Waals surface area contributed by atoms with E-state index in [1.165, 1.54) is 5.01 Å². The third-order valence-corrected chi connectivity index (χ3v) is 5.40. The Morgan fingerprint density at radius 2 is 2.00 bits per heavy atom. The van der Waals surface area contributed by atoms with Crippen molar-refractivity contribution >= 4 is 34.8 Å². The number of nitrogens with zero attached hydrogens (tertiary/aromatic N) is 5. The summed E-state index contributed by atoms with van der Waals surface area (Å²) in [6, 6.07) is 3.43. The zero-order valence-electron chi connectivity index (χ0n) is 20.8. The molecule has 1 aliphatic rings. The van der Waals surface area contributed by atoms with Gasteiger partial charge in [0.05, 0.1) is 12.3 Å². The molecule has 0 atom stereocenters. The molecule has 0 aliphatic carbocycles. The molecule has 192 valence electrons. The highest BCUT2D eigenvalue weighted by Gasteiger charge is 2.23. The number of aromatic nitrogens is 3. The number of ether oxygens (including phenoxy) is 1. The van der Waals surface area contributed by atoms with Gasteiger partial charge in [0, 0.05) is 50.7 Å². The second-order valence-corrected chi connectivity index (χ2v) is 8.18. The van der Waals surface area contributed by atoms with Crippen molar-refractivity contribution < 1.29 is 9.53 Å². The molecule has 1 aliphatic heterocycles. The molecular weight excluding hydrogens is 470 g/mol. The van der Waals surface area contributed by atoms with Gasteiger partial charge in [0.2, 0.25) is 5.28 Å². The molecule has 2 aromatic rings. The van der Waals surface area contributed by atoms with E-state index in [1.807, 2.05) is 20.8 Å². The van der Waals surface area contributed by atoms with Crippen LogP contribution in [-0.2, 0) is 0 Å². The van der Waals surface area contributed by atoms with E-state index in [9.17, 15) is 4.79 Å². The summed E-state index contributed by atoms with van der Waals surface area (Å²) in [6.07, 6.45) is 4.93. The molecule has 11 nitrogen and oxygen atoms in total. The van der Waals surface area contributed by atoms with Gasteiger partial charge in [-0.2, -0.15) is 0 Å². The van der Waals surface area contributed by atoms with Crippen LogP contribution < -0.4 is 32.3 Å². The van der Waals surface area contributed by atoms with Gasteiger partial charge in [0.25, 0.3) is 5.91 Å². The first-order valence-electron chi connectivity index (χ1n) is 11.7. The van der Waals surface area contributed by atoms with Gasteiger partial charge in [0.15, 0.2) is 11.6 Å². The van der Waals surface area contributed by atoms with Gasteiger partial charge in [-0.1, -0.05) is 13.8 Å². The number of nitrogens with one attached hydrogen (secondary N) is 1. The minimum absolute atomic E-state index is 0.0521. The Labute approximate surface area is 211 Å². The molecule has 1 saturated heterocycles. The lowest BCUT2D eigenvalue weighted by molar-refractivity contribution is 0.0950. The van der Waals surface area contributed by atoms with Crippen LogP contribution in [0.4, 0.5) is 11.6 Å². The molecule has 12 heteroatoms. The second-order valence-electron chi connectivity index (χ2n) is 7.84. The van der Waals surface area contributed by atoms with Gasteiger partial charge < -0.3 is 31.4 Å². The fraction of sp³-hybridized carbons (Fsp3) is 0.478. The molecule has 3 rings (SSSR count). The number of carbonyl (C=O) groups is 1. The number of rotatable bonds is 8. The van der Waals surface area contributed by atoms with E-state index in [0.29, 0.717) is 47.7 Å². The fourth-order valence-electron chi connectivity index (χ4n) is 3.49. The number of carbonyl (C=O) groups excluding carboxylic acids is 1. The Morgan fingerprint density at radius 1 is 1.31 bits per heavy atom. The van der Waals surface area contributed by atoms with Crippen LogP contribution in [0, 0.1) is 5.92 Å². The Hall–Kier alpha value is -3.31. The van der Waals surface area contributed by atoms with Crippen LogP contribution in [0.2, 0.25) is 5.28 Å². The third kappa shape index (κ3) is 8.15. The minimum atomic E-state index is -0.270. The summed E-state index contributed by atoms with van der Waals surface area (Å²) < 4.78 is 5.98. The molecular formula is C23H36ClN9O2. The van der Waals surface area contributed by atoms with Crippen molar-refractivity contribution in [3.05, 3.63) is 41.1 Å². The van der Waals surface area contributed by atoms with E-state index < -0.39 is 0 Å². The lowest BCUT2D eigenvalue weighted by Crippen LogP contribution is -2.36. The van der Waals surface area contributed by atoms with Crippen molar-refractivity contribution in [1.82, 2.24) is 25.3 Å². The normalized spacial score (nSPS) is 14.1. The van der Waals surface area contributed by atoms with Crippen LogP contribution in [0.1, 0.15) is 49.7 Å². The first-order valence-corrected chi connectivity index (χ1v) is 12.1. The molecule has 0 spiro atoms. The molecule has 0 saturated carbocycles. The van der Waals surface area contributed by atoms with Crippen LogP contribution in [0.15, 0.2) is 24.5 Å². The summed E-state index contributed by atoms with van der Waals surface area (Å²) in [5.74, 6) is 7.10. The summed E-state index contributed by atoms with van der Waals surface area (Å²) in [7, 11) is 1.68. The number of halogens is 1. The van der Waals surface area contributed by atoms with Crippen LogP contribution in [0.5, 0.6) is 5.75 Å². The Bertz CT molecular complexity index is 1010. The highest BCUT2D eigenvalue weighted by atomic mass is 35.5. The van der Waals surface area contributed by atoms with Gasteiger partial charge in [-0.3, -0.25) is 4.79 Å². The standard InChI is InChI=1S/C21H30ClN9O2.C2H6/c1-3-26-20(32)16-9-18(29-21(22)28-16)31-6-4-13(5-7-31)12-33-17-8-14(10-27-19(17)24)15(23)11-30(2)25;1-2/h8-11,13H,3-7,12,23,25H2,1-2H3,(H2,24,27)(H,26,32);1-2H3/b15-11-;. The molecule has 0 aromatic carbocycles. The maximum Gasteiger partial charge on any atom is 0.270 e. The molecule has 1 amide bonds. The van der Waals surface area contributed by atoms with Crippen molar-refractivity contribution in [3.63, 3.8) is 0 Å². The minimum Gasteiger partial charge on any atom is -0.489 e. The Morgan fingerprint density at radius 3 is 2.63 bits per heavy atom. The summed E-state index contributed by atoms with van der Waals surface area (Å²) in [4.78, 5) is 26.7. The zero-order chi connectivity index (χ0) is 26.0. The molecule has 3 heterocycles. The van der Waals surface area contributed by atoms with Gasteiger partial charge in [-0.15, -0.1) is 0 Å². The fourth-order valence-corrected chi connectivity index (χ4v) is 3.67. The first kappa shape index (κ1) is 27.9. The SMILES string of the molecule is CC.CCNC(=O)c1cc(N2CCC(COc3cc(/C(N)=C/N(C)N)cnc3N)CC2)nc(Cl)n1. The quantitative estimate of drug-likeness (QED) is 0.238. The number of anilines is 2. The van der Waals surface area contributed by atoms with Crippen molar-refractivity contribution in [1.29, 1.82) is 0 Å². The summed E-state index contributed by atoms with van der Waals surface area (Å²) in [5.41, 5.74) is 13.4. The van der Waals surface area contributed by atoms with Crippen LogP contribution in [-0.4, -0.2) is 59.2 Å². The third-order valence-electron chi connectivity index (χ3n) is 5.23. The number of nitrogen functional groups attached to an aromatic ring is 1. The molecule has 2 aromatic heterocycles. The van der Waals surface area contributed by atoms with Crippen LogP contribution in [0.3, 0.4) is 0 Å². The number of nitrogens with two attached hydrogens (primary N) is 3. The van der Waals surface area contributed by atoms with E-state index in [4.69, 9.17) is 33.6 Å². The van der Waals surface area contributed by atoms with Crippen LogP contribution >= 0.6 is 11.6 Å². The lowest BCUT2D eigenvalue weighted by atomic mass is 9.98.